The number of alkyl halides is 3. The predicted molar refractivity (Wildman–Crippen MR) is 127 cm³/mol. The van der Waals surface area contributed by atoms with Crippen molar-refractivity contribution < 1.29 is 42.9 Å². The molecular weight excluding hydrogens is 549 g/mol. The SMILES string of the molecule is CC(=O)OCC1OC(Sc2ccccc2)C(NC(=O)OCC(Cl)(Cl)Cl)[C@@H](OC(C)=O)C1OC(C)=O. The van der Waals surface area contributed by atoms with Gasteiger partial charge in [0.05, 0.1) is 0 Å². The van der Waals surface area contributed by atoms with E-state index in [1.54, 1.807) is 24.3 Å². The van der Waals surface area contributed by atoms with Gasteiger partial charge in [0.15, 0.2) is 12.2 Å². The molecule has 1 heterocycles. The van der Waals surface area contributed by atoms with Crippen LogP contribution in [0.1, 0.15) is 20.8 Å². The van der Waals surface area contributed by atoms with Crippen molar-refractivity contribution in [3.63, 3.8) is 0 Å². The number of amides is 1. The minimum Gasteiger partial charge on any atom is -0.463 e. The lowest BCUT2D eigenvalue weighted by molar-refractivity contribution is -0.211. The van der Waals surface area contributed by atoms with E-state index in [2.05, 4.69) is 5.32 Å². The Morgan fingerprint density at radius 1 is 0.943 bits per heavy atom. The molecule has 1 N–H and O–H groups in total. The summed E-state index contributed by atoms with van der Waals surface area (Å²) in [4.78, 5) is 48.5. The van der Waals surface area contributed by atoms with Crippen LogP contribution in [-0.4, -0.2) is 70.8 Å². The third-order valence-electron chi connectivity index (χ3n) is 4.35. The van der Waals surface area contributed by atoms with Crippen LogP contribution in [0.4, 0.5) is 4.79 Å². The zero-order chi connectivity index (χ0) is 26.2. The van der Waals surface area contributed by atoms with Crippen molar-refractivity contribution in [2.24, 2.45) is 0 Å². The maximum Gasteiger partial charge on any atom is 0.407 e. The molecule has 35 heavy (non-hydrogen) atoms. The van der Waals surface area contributed by atoms with E-state index in [1.165, 1.54) is 18.7 Å². The van der Waals surface area contributed by atoms with E-state index in [-0.39, 0.29) is 6.61 Å². The molecule has 0 aromatic heterocycles. The van der Waals surface area contributed by atoms with E-state index in [0.717, 1.165) is 18.7 Å². The molecule has 1 amide bonds. The van der Waals surface area contributed by atoms with Crippen LogP contribution in [0.5, 0.6) is 0 Å². The Bertz CT molecular complexity index is 900. The zero-order valence-electron chi connectivity index (χ0n) is 18.9. The Morgan fingerprint density at radius 2 is 1.54 bits per heavy atom. The van der Waals surface area contributed by atoms with E-state index < -0.39 is 64.2 Å². The van der Waals surface area contributed by atoms with Gasteiger partial charge in [-0.3, -0.25) is 14.4 Å². The predicted octanol–water partition coefficient (Wildman–Crippen LogP) is 3.40. The zero-order valence-corrected chi connectivity index (χ0v) is 22.0. The summed E-state index contributed by atoms with van der Waals surface area (Å²) >= 11 is 18.1. The number of carbonyl (C=O) groups excluding carboxylic acids is 4. The standard InChI is InChI=1S/C21H24Cl3NO9S/c1-11(26)30-9-15-17(32-12(2)27)18(33-13(3)28)16(25-20(29)31-10-21(22,23)24)19(34-15)35-14-7-5-4-6-8-14/h4-8,15-19H,9-10H2,1-3H3,(H,25,29)/t15?,16?,17?,18-,19?/m1/s1. The summed E-state index contributed by atoms with van der Waals surface area (Å²) in [7, 11) is 0. The van der Waals surface area contributed by atoms with Crippen LogP contribution in [0, 0.1) is 0 Å². The lowest BCUT2D eigenvalue weighted by Gasteiger charge is -2.44. The largest absolute Gasteiger partial charge is 0.463 e. The molecule has 5 atom stereocenters. The summed E-state index contributed by atoms with van der Waals surface area (Å²) in [6, 6.07) is 7.91. The van der Waals surface area contributed by atoms with Crippen LogP contribution >= 0.6 is 46.6 Å². The topological polar surface area (TPSA) is 126 Å². The van der Waals surface area contributed by atoms with Gasteiger partial charge < -0.3 is 29.0 Å². The third kappa shape index (κ3) is 10.3. The highest BCUT2D eigenvalue weighted by Gasteiger charge is 2.51. The van der Waals surface area contributed by atoms with Gasteiger partial charge in [-0.2, -0.15) is 0 Å². The summed E-state index contributed by atoms with van der Waals surface area (Å²) in [6.07, 6.45) is -4.50. The lowest BCUT2D eigenvalue weighted by atomic mass is 9.97. The number of rotatable bonds is 8. The number of nitrogens with one attached hydrogen (secondary N) is 1. The highest BCUT2D eigenvalue weighted by atomic mass is 35.6. The molecule has 1 aliphatic rings. The fraction of sp³-hybridized carbons (Fsp3) is 0.524. The van der Waals surface area contributed by atoms with Crippen LogP contribution < -0.4 is 5.32 Å². The number of carbonyl (C=O) groups is 4. The first-order chi connectivity index (χ1) is 16.4. The van der Waals surface area contributed by atoms with Crippen LogP contribution in [0.15, 0.2) is 35.2 Å². The summed E-state index contributed by atoms with van der Waals surface area (Å²) in [5, 5.41) is 2.55. The number of benzene rings is 1. The molecule has 4 unspecified atom stereocenters. The Morgan fingerprint density at radius 3 is 2.09 bits per heavy atom. The van der Waals surface area contributed by atoms with Crippen LogP contribution in [0.2, 0.25) is 0 Å². The number of hydrogen-bond acceptors (Lipinski definition) is 10. The monoisotopic (exact) mass is 571 g/mol. The van der Waals surface area contributed by atoms with Gasteiger partial charge in [0, 0.05) is 25.7 Å². The Labute approximate surface area is 221 Å². The van der Waals surface area contributed by atoms with Gasteiger partial charge in [0.1, 0.15) is 30.8 Å². The highest BCUT2D eigenvalue weighted by Crippen LogP contribution is 2.36. The quantitative estimate of drug-likeness (QED) is 0.281. The molecule has 2 rings (SSSR count). The van der Waals surface area contributed by atoms with E-state index in [1.807, 2.05) is 6.07 Å². The highest BCUT2D eigenvalue weighted by molar-refractivity contribution is 7.99. The smallest absolute Gasteiger partial charge is 0.407 e. The van der Waals surface area contributed by atoms with Crippen LogP contribution in [0.25, 0.3) is 0 Å². The second kappa shape index (κ2) is 13.4. The number of thioether (sulfide) groups is 1. The van der Waals surface area contributed by atoms with Crippen molar-refractivity contribution in [2.75, 3.05) is 13.2 Å². The van der Waals surface area contributed by atoms with Crippen LogP contribution in [0.3, 0.4) is 0 Å². The lowest BCUT2D eigenvalue weighted by Crippen LogP contribution is -2.65. The van der Waals surface area contributed by atoms with E-state index in [0.29, 0.717) is 0 Å². The van der Waals surface area contributed by atoms with Crippen molar-refractivity contribution in [1.82, 2.24) is 5.32 Å². The molecule has 0 bridgehead atoms. The number of ether oxygens (including phenoxy) is 5. The molecule has 0 spiro atoms. The van der Waals surface area contributed by atoms with Gasteiger partial charge in [-0.05, 0) is 12.1 Å². The van der Waals surface area contributed by atoms with E-state index >= 15 is 0 Å². The first-order valence-corrected chi connectivity index (χ1v) is 12.2. The van der Waals surface area contributed by atoms with Crippen LogP contribution in [-0.2, 0) is 38.1 Å². The number of hydrogen-bond donors (Lipinski definition) is 1. The second-order valence-corrected chi connectivity index (χ2v) is 11.0. The Kier molecular flexibility index (Phi) is 11.2. The van der Waals surface area contributed by atoms with Crippen molar-refractivity contribution in [3.8, 4) is 0 Å². The van der Waals surface area contributed by atoms with Crippen molar-refractivity contribution in [2.45, 2.75) is 59.2 Å². The Balaban J connectivity index is 2.42. The van der Waals surface area contributed by atoms with Crippen molar-refractivity contribution >= 4 is 70.6 Å². The fourth-order valence-electron chi connectivity index (χ4n) is 3.11. The number of alkyl carbamates (subject to hydrolysis) is 1. The molecule has 10 nitrogen and oxygen atoms in total. The molecule has 1 saturated heterocycles. The summed E-state index contributed by atoms with van der Waals surface area (Å²) in [5.74, 6) is -2.03. The molecule has 1 aliphatic heterocycles. The number of esters is 3. The second-order valence-electron chi connectivity index (χ2n) is 7.29. The van der Waals surface area contributed by atoms with Gasteiger partial charge in [-0.25, -0.2) is 4.79 Å². The van der Waals surface area contributed by atoms with E-state index in [4.69, 9.17) is 58.5 Å². The van der Waals surface area contributed by atoms with Gasteiger partial charge in [-0.15, -0.1) is 0 Å². The van der Waals surface area contributed by atoms with Crippen molar-refractivity contribution in [1.29, 1.82) is 0 Å². The molecule has 14 heteroatoms. The fourth-order valence-corrected chi connectivity index (χ4v) is 4.43. The summed E-state index contributed by atoms with van der Waals surface area (Å²) in [6.45, 7) is 2.64. The molecule has 1 fully saturated rings. The first kappa shape index (κ1) is 29.3. The molecule has 0 aliphatic carbocycles. The maximum absolute atomic E-state index is 12.5. The minimum atomic E-state index is -1.86. The van der Waals surface area contributed by atoms with Crippen molar-refractivity contribution in [3.05, 3.63) is 30.3 Å². The average Bonchev–Trinajstić information content (AvgIpc) is 2.74. The molecular formula is C21H24Cl3NO9S. The number of halogens is 3. The Hall–Kier alpha value is -1.92. The van der Waals surface area contributed by atoms with Gasteiger partial charge >= 0.3 is 24.0 Å². The minimum absolute atomic E-state index is 0.304. The normalized spacial score (nSPS) is 24.1. The van der Waals surface area contributed by atoms with E-state index in [9.17, 15) is 19.2 Å². The first-order valence-electron chi connectivity index (χ1n) is 10.2. The van der Waals surface area contributed by atoms with Gasteiger partial charge in [-0.1, -0.05) is 64.8 Å². The molecule has 194 valence electrons. The molecule has 0 radical (unpaired) electrons. The van der Waals surface area contributed by atoms with Gasteiger partial charge in [0.2, 0.25) is 3.79 Å². The van der Waals surface area contributed by atoms with Gasteiger partial charge in [0.25, 0.3) is 0 Å². The molecule has 0 saturated carbocycles. The third-order valence-corrected chi connectivity index (χ3v) is 5.86. The molecule has 1 aromatic carbocycles. The molecule has 1 aromatic rings. The maximum atomic E-state index is 12.5. The average molecular weight is 573 g/mol. The summed E-state index contributed by atoms with van der Waals surface area (Å²) in [5.41, 5.74) is -0.908. The summed E-state index contributed by atoms with van der Waals surface area (Å²) < 4.78 is 25.1.